The van der Waals surface area contributed by atoms with Crippen LogP contribution in [0.3, 0.4) is 0 Å². The second kappa shape index (κ2) is 7.28. The van der Waals surface area contributed by atoms with Gasteiger partial charge in [-0.2, -0.15) is 0 Å². The van der Waals surface area contributed by atoms with E-state index in [0.29, 0.717) is 6.42 Å². The molecule has 2 N–H and O–H groups in total. The number of amides is 1. The molecule has 21 heavy (non-hydrogen) atoms. The lowest BCUT2D eigenvalue weighted by atomic mass is 9.75. The monoisotopic (exact) mass is 285 g/mol. The number of benzene rings is 1. The van der Waals surface area contributed by atoms with E-state index < -0.39 is 0 Å². The van der Waals surface area contributed by atoms with Gasteiger partial charge in [0.25, 0.3) is 0 Å². The van der Waals surface area contributed by atoms with Gasteiger partial charge < -0.3 is 10.4 Å². The summed E-state index contributed by atoms with van der Waals surface area (Å²) in [4.78, 5) is 12.4. The third-order valence-corrected chi connectivity index (χ3v) is 4.12. The van der Waals surface area contributed by atoms with E-state index in [-0.39, 0.29) is 17.9 Å². The van der Waals surface area contributed by atoms with Crippen molar-refractivity contribution in [2.45, 2.75) is 45.4 Å². The number of carbonyl (C=O) groups excluding carboxylic acids is 1. The fourth-order valence-corrected chi connectivity index (χ4v) is 2.70. The summed E-state index contributed by atoms with van der Waals surface area (Å²) >= 11 is 0. The number of nitrogens with one attached hydrogen (secondary N) is 1. The van der Waals surface area contributed by atoms with E-state index in [9.17, 15) is 4.79 Å². The molecule has 0 heterocycles. The Morgan fingerprint density at radius 1 is 1.24 bits per heavy atom. The molecular weight excluding hydrogens is 262 g/mol. The van der Waals surface area contributed by atoms with Crippen molar-refractivity contribution in [3.05, 3.63) is 29.8 Å². The topological polar surface area (TPSA) is 49.3 Å². The van der Waals surface area contributed by atoms with Crippen molar-refractivity contribution in [1.82, 2.24) is 0 Å². The molecule has 0 bridgehead atoms. The lowest BCUT2D eigenvalue weighted by molar-refractivity contribution is -0.126. The van der Waals surface area contributed by atoms with Crippen molar-refractivity contribution in [3.63, 3.8) is 0 Å². The first-order chi connectivity index (χ1) is 10.1. The maximum absolute atomic E-state index is 12.4. The number of rotatable bonds is 3. The minimum absolute atomic E-state index is 0.0831. The molecule has 1 aliphatic rings. The Labute approximate surface area is 126 Å². The Kier molecular flexibility index (Phi) is 5.41. The fraction of sp³-hybridized carbons (Fsp3) is 0.500. The molecule has 1 aromatic rings. The van der Waals surface area contributed by atoms with Gasteiger partial charge in [0.2, 0.25) is 5.91 Å². The van der Waals surface area contributed by atoms with Crippen LogP contribution in [-0.4, -0.2) is 17.6 Å². The predicted octanol–water partition coefficient (Wildman–Crippen LogP) is 3.33. The number of hydrogen-bond donors (Lipinski definition) is 2. The molecule has 1 amide bonds. The van der Waals surface area contributed by atoms with Gasteiger partial charge in [-0.15, -0.1) is 0 Å². The summed E-state index contributed by atoms with van der Waals surface area (Å²) in [6, 6.07) is 7.55. The zero-order valence-corrected chi connectivity index (χ0v) is 12.6. The predicted molar refractivity (Wildman–Crippen MR) is 84.8 cm³/mol. The van der Waals surface area contributed by atoms with E-state index in [2.05, 4.69) is 24.1 Å². The van der Waals surface area contributed by atoms with Crippen LogP contribution >= 0.6 is 0 Å². The highest BCUT2D eigenvalue weighted by Crippen LogP contribution is 2.36. The van der Waals surface area contributed by atoms with Gasteiger partial charge in [-0.05, 0) is 37.1 Å². The van der Waals surface area contributed by atoms with Crippen molar-refractivity contribution in [1.29, 1.82) is 0 Å². The third kappa shape index (κ3) is 4.34. The lowest BCUT2D eigenvalue weighted by Gasteiger charge is -2.32. The van der Waals surface area contributed by atoms with Crippen LogP contribution in [-0.2, 0) is 4.79 Å². The van der Waals surface area contributed by atoms with Crippen LogP contribution in [0.2, 0.25) is 0 Å². The van der Waals surface area contributed by atoms with Gasteiger partial charge in [0.1, 0.15) is 0 Å². The van der Waals surface area contributed by atoms with Gasteiger partial charge >= 0.3 is 0 Å². The number of anilines is 1. The lowest BCUT2D eigenvalue weighted by Crippen LogP contribution is -2.35. The Morgan fingerprint density at radius 2 is 1.90 bits per heavy atom. The zero-order chi connectivity index (χ0) is 15.1. The van der Waals surface area contributed by atoms with E-state index in [4.69, 9.17) is 5.11 Å². The minimum Gasteiger partial charge on any atom is -0.395 e. The molecule has 1 aromatic carbocycles. The number of carbonyl (C=O) groups is 1. The largest absolute Gasteiger partial charge is 0.395 e. The molecule has 112 valence electrons. The molecule has 0 saturated heterocycles. The fourth-order valence-electron chi connectivity index (χ4n) is 2.70. The molecule has 2 rings (SSSR count). The molecule has 0 aliphatic heterocycles. The van der Waals surface area contributed by atoms with Crippen molar-refractivity contribution in [2.75, 3.05) is 11.9 Å². The first-order valence-electron chi connectivity index (χ1n) is 7.65. The summed E-state index contributed by atoms with van der Waals surface area (Å²) < 4.78 is 0. The highest BCUT2D eigenvalue weighted by atomic mass is 16.2. The second-order valence-corrected chi connectivity index (χ2v) is 5.93. The molecule has 1 aliphatic carbocycles. The zero-order valence-electron chi connectivity index (χ0n) is 12.6. The summed E-state index contributed by atoms with van der Waals surface area (Å²) in [6.07, 6.45) is 5.96. The molecule has 0 atom stereocenters. The number of aliphatic hydroxyl groups is 1. The minimum atomic E-state index is -0.224. The molecule has 1 fully saturated rings. The molecule has 3 nitrogen and oxygen atoms in total. The summed E-state index contributed by atoms with van der Waals surface area (Å²) in [5, 5.41) is 11.7. The highest BCUT2D eigenvalue weighted by Gasteiger charge is 2.34. The average Bonchev–Trinajstić information content (AvgIpc) is 2.50. The molecule has 0 spiro atoms. The van der Waals surface area contributed by atoms with E-state index in [0.717, 1.165) is 36.9 Å². The second-order valence-electron chi connectivity index (χ2n) is 5.93. The number of aliphatic hydroxyl groups excluding tert-OH is 1. The van der Waals surface area contributed by atoms with Gasteiger partial charge in [0.05, 0.1) is 6.61 Å². The quantitative estimate of drug-likeness (QED) is 0.837. The molecule has 1 saturated carbocycles. The van der Waals surface area contributed by atoms with E-state index in [1.165, 1.54) is 6.42 Å². The third-order valence-electron chi connectivity index (χ3n) is 4.12. The SMILES string of the molecule is CC1(C(=O)Nc2ccc(C#CCCO)cc2)CCCCC1. The van der Waals surface area contributed by atoms with Crippen LogP contribution in [0.1, 0.15) is 51.0 Å². The van der Waals surface area contributed by atoms with Gasteiger partial charge in [-0.1, -0.05) is 38.0 Å². The van der Waals surface area contributed by atoms with Crippen LogP contribution in [0.4, 0.5) is 5.69 Å². The summed E-state index contributed by atoms with van der Waals surface area (Å²) in [6.45, 7) is 2.15. The van der Waals surface area contributed by atoms with E-state index in [1.54, 1.807) is 0 Å². The maximum atomic E-state index is 12.4. The van der Waals surface area contributed by atoms with E-state index >= 15 is 0 Å². The van der Waals surface area contributed by atoms with Crippen LogP contribution in [0.5, 0.6) is 0 Å². The van der Waals surface area contributed by atoms with Gasteiger partial charge in [-0.3, -0.25) is 4.79 Å². The first kappa shape index (κ1) is 15.6. The molecule has 0 radical (unpaired) electrons. The Bertz CT molecular complexity index is 531. The number of hydrogen-bond acceptors (Lipinski definition) is 2. The molecule has 0 aromatic heterocycles. The highest BCUT2D eigenvalue weighted by molar-refractivity contribution is 5.95. The first-order valence-corrected chi connectivity index (χ1v) is 7.65. The molecular formula is C18H23NO2. The maximum Gasteiger partial charge on any atom is 0.230 e. The van der Waals surface area contributed by atoms with Crippen molar-refractivity contribution < 1.29 is 9.90 Å². The van der Waals surface area contributed by atoms with Crippen molar-refractivity contribution in [3.8, 4) is 11.8 Å². The summed E-state index contributed by atoms with van der Waals surface area (Å²) in [5.74, 6) is 5.98. The Hall–Kier alpha value is -1.79. The summed E-state index contributed by atoms with van der Waals surface area (Å²) in [5.41, 5.74) is 1.49. The van der Waals surface area contributed by atoms with Gasteiger partial charge in [-0.25, -0.2) is 0 Å². The van der Waals surface area contributed by atoms with Crippen LogP contribution in [0.25, 0.3) is 0 Å². The summed E-state index contributed by atoms with van der Waals surface area (Å²) in [7, 11) is 0. The van der Waals surface area contributed by atoms with Crippen molar-refractivity contribution >= 4 is 11.6 Å². The standard InChI is InChI=1S/C18H23NO2/c1-18(12-4-2-5-13-18)17(21)19-16-10-8-15(9-11-16)7-3-6-14-20/h8-11,20H,2,4-6,12-14H2,1H3,(H,19,21). The van der Waals surface area contributed by atoms with E-state index in [1.807, 2.05) is 24.3 Å². The van der Waals surface area contributed by atoms with Crippen LogP contribution in [0.15, 0.2) is 24.3 Å². The van der Waals surface area contributed by atoms with Crippen LogP contribution in [0, 0.1) is 17.3 Å². The van der Waals surface area contributed by atoms with Gasteiger partial charge in [0.15, 0.2) is 0 Å². The average molecular weight is 285 g/mol. The van der Waals surface area contributed by atoms with Gasteiger partial charge in [0, 0.05) is 23.1 Å². The molecule has 3 heteroatoms. The van der Waals surface area contributed by atoms with Crippen LogP contribution < -0.4 is 5.32 Å². The molecule has 0 unspecified atom stereocenters. The normalized spacial score (nSPS) is 16.7. The smallest absolute Gasteiger partial charge is 0.230 e. The Balaban J connectivity index is 1.97. The van der Waals surface area contributed by atoms with Crippen molar-refractivity contribution in [2.24, 2.45) is 5.41 Å². The Morgan fingerprint density at radius 3 is 2.52 bits per heavy atom.